The van der Waals surface area contributed by atoms with Gasteiger partial charge in [-0.2, -0.15) is 0 Å². The quantitative estimate of drug-likeness (QED) is 0.941. The molecule has 0 saturated carbocycles. The second-order valence-corrected chi connectivity index (χ2v) is 5.67. The molecule has 0 bridgehead atoms. The summed E-state index contributed by atoms with van der Waals surface area (Å²) in [6.07, 6.45) is 4.47. The monoisotopic (exact) mass is 284 g/mol. The number of hydrogen-bond donors (Lipinski definition) is 1. The van der Waals surface area contributed by atoms with Gasteiger partial charge in [-0.25, -0.2) is 4.98 Å². The van der Waals surface area contributed by atoms with Crippen LogP contribution in [0.2, 0.25) is 0 Å². The third kappa shape index (κ3) is 2.71. The van der Waals surface area contributed by atoms with Crippen molar-refractivity contribution in [3.05, 3.63) is 36.0 Å². The average molecular weight is 284 g/mol. The fourth-order valence-corrected chi connectivity index (χ4v) is 3.04. The second kappa shape index (κ2) is 5.72. The Hall–Kier alpha value is -2.10. The molecule has 1 aromatic heterocycles. The first kappa shape index (κ1) is 13.9. The van der Waals surface area contributed by atoms with Crippen LogP contribution in [0.5, 0.6) is 0 Å². The van der Waals surface area contributed by atoms with Crippen LogP contribution in [0.3, 0.4) is 0 Å². The number of carboxylic acid groups (broad SMARTS) is 1. The van der Waals surface area contributed by atoms with E-state index < -0.39 is 5.97 Å². The maximum Gasteiger partial charge on any atom is 0.308 e. The van der Waals surface area contributed by atoms with Crippen LogP contribution in [0.25, 0.3) is 10.8 Å². The molecular formula is C17H20N2O2. The van der Waals surface area contributed by atoms with E-state index in [2.05, 4.69) is 35.0 Å². The average Bonchev–Trinajstić information content (AvgIpc) is 2.53. The number of aromatic nitrogens is 1. The Morgan fingerprint density at radius 2 is 2.29 bits per heavy atom. The molecule has 1 unspecified atom stereocenters. The summed E-state index contributed by atoms with van der Waals surface area (Å²) in [7, 11) is 0. The van der Waals surface area contributed by atoms with Gasteiger partial charge in [-0.3, -0.25) is 4.79 Å². The zero-order chi connectivity index (χ0) is 14.8. The zero-order valence-corrected chi connectivity index (χ0v) is 12.2. The predicted octanol–water partition coefficient (Wildman–Crippen LogP) is 3.10. The third-order valence-electron chi connectivity index (χ3n) is 4.29. The minimum atomic E-state index is -0.700. The molecule has 0 amide bonds. The van der Waals surface area contributed by atoms with Crippen molar-refractivity contribution in [2.45, 2.75) is 26.2 Å². The van der Waals surface area contributed by atoms with Crippen molar-refractivity contribution in [2.75, 3.05) is 18.0 Å². The van der Waals surface area contributed by atoms with Crippen LogP contribution < -0.4 is 4.90 Å². The van der Waals surface area contributed by atoms with Gasteiger partial charge < -0.3 is 10.0 Å². The van der Waals surface area contributed by atoms with Crippen molar-refractivity contribution in [3.63, 3.8) is 0 Å². The SMILES string of the molecule is CCc1ccc2ccnc(N3CCCC(C(=O)O)C3)c2c1. The van der Waals surface area contributed by atoms with Gasteiger partial charge in [0.25, 0.3) is 0 Å². The van der Waals surface area contributed by atoms with Crippen molar-refractivity contribution in [2.24, 2.45) is 5.92 Å². The van der Waals surface area contributed by atoms with Crippen LogP contribution in [-0.4, -0.2) is 29.1 Å². The Kier molecular flexibility index (Phi) is 3.78. The number of carboxylic acids is 1. The number of rotatable bonds is 3. The van der Waals surface area contributed by atoms with Gasteiger partial charge in [0.2, 0.25) is 0 Å². The highest BCUT2D eigenvalue weighted by Crippen LogP contribution is 2.29. The van der Waals surface area contributed by atoms with E-state index in [1.807, 2.05) is 12.3 Å². The minimum Gasteiger partial charge on any atom is -0.481 e. The highest BCUT2D eigenvalue weighted by atomic mass is 16.4. The lowest BCUT2D eigenvalue weighted by atomic mass is 9.97. The molecule has 21 heavy (non-hydrogen) atoms. The minimum absolute atomic E-state index is 0.287. The molecule has 4 heteroatoms. The van der Waals surface area contributed by atoms with Gasteiger partial charge >= 0.3 is 5.97 Å². The summed E-state index contributed by atoms with van der Waals surface area (Å²) >= 11 is 0. The van der Waals surface area contributed by atoms with Crippen LogP contribution in [-0.2, 0) is 11.2 Å². The van der Waals surface area contributed by atoms with Gasteiger partial charge in [0.05, 0.1) is 5.92 Å². The van der Waals surface area contributed by atoms with Crippen LogP contribution >= 0.6 is 0 Å². The van der Waals surface area contributed by atoms with Gasteiger partial charge in [0, 0.05) is 24.7 Å². The predicted molar refractivity (Wildman–Crippen MR) is 83.7 cm³/mol. The zero-order valence-electron chi connectivity index (χ0n) is 12.2. The Balaban J connectivity index is 2.01. The van der Waals surface area contributed by atoms with Crippen molar-refractivity contribution in [1.82, 2.24) is 4.98 Å². The normalized spacial score (nSPS) is 18.9. The number of pyridine rings is 1. The molecular weight excluding hydrogens is 264 g/mol. The Morgan fingerprint density at radius 1 is 1.43 bits per heavy atom. The van der Waals surface area contributed by atoms with E-state index in [4.69, 9.17) is 0 Å². The number of aryl methyl sites for hydroxylation is 1. The van der Waals surface area contributed by atoms with E-state index in [-0.39, 0.29) is 5.92 Å². The number of piperidine rings is 1. The number of benzene rings is 1. The first-order valence-corrected chi connectivity index (χ1v) is 7.54. The fourth-order valence-electron chi connectivity index (χ4n) is 3.04. The molecule has 0 spiro atoms. The molecule has 1 saturated heterocycles. The molecule has 3 rings (SSSR count). The molecule has 1 aromatic carbocycles. The fraction of sp³-hybridized carbons (Fsp3) is 0.412. The van der Waals surface area contributed by atoms with E-state index in [1.54, 1.807) is 0 Å². The maximum absolute atomic E-state index is 11.2. The summed E-state index contributed by atoms with van der Waals surface area (Å²) in [5, 5.41) is 11.5. The Labute approximate surface area is 124 Å². The van der Waals surface area contributed by atoms with E-state index in [0.717, 1.165) is 42.4 Å². The summed E-state index contributed by atoms with van der Waals surface area (Å²) in [4.78, 5) is 17.9. The van der Waals surface area contributed by atoms with Crippen LogP contribution in [0, 0.1) is 5.92 Å². The van der Waals surface area contributed by atoms with E-state index in [9.17, 15) is 9.90 Å². The molecule has 1 atom stereocenters. The number of fused-ring (bicyclic) bond motifs is 1. The van der Waals surface area contributed by atoms with Crippen molar-refractivity contribution in [3.8, 4) is 0 Å². The Morgan fingerprint density at radius 3 is 3.05 bits per heavy atom. The summed E-state index contributed by atoms with van der Waals surface area (Å²) < 4.78 is 0. The lowest BCUT2D eigenvalue weighted by Gasteiger charge is -2.32. The molecule has 2 aromatic rings. The lowest BCUT2D eigenvalue weighted by molar-refractivity contribution is -0.141. The first-order valence-electron chi connectivity index (χ1n) is 7.54. The van der Waals surface area contributed by atoms with Crippen LogP contribution in [0.1, 0.15) is 25.3 Å². The van der Waals surface area contributed by atoms with Crippen molar-refractivity contribution >= 4 is 22.6 Å². The molecule has 2 heterocycles. The van der Waals surface area contributed by atoms with Gasteiger partial charge in [0.1, 0.15) is 5.82 Å². The van der Waals surface area contributed by atoms with Gasteiger partial charge in [-0.15, -0.1) is 0 Å². The van der Waals surface area contributed by atoms with Crippen molar-refractivity contribution in [1.29, 1.82) is 0 Å². The van der Waals surface area contributed by atoms with Gasteiger partial charge in [-0.1, -0.05) is 19.1 Å². The summed E-state index contributed by atoms with van der Waals surface area (Å²) in [5.41, 5.74) is 1.28. The number of carbonyl (C=O) groups is 1. The molecule has 1 N–H and O–H groups in total. The first-order chi connectivity index (χ1) is 10.2. The lowest BCUT2D eigenvalue weighted by Crippen LogP contribution is -2.39. The number of anilines is 1. The van der Waals surface area contributed by atoms with Crippen LogP contribution in [0.15, 0.2) is 30.5 Å². The number of aliphatic carboxylic acids is 1. The van der Waals surface area contributed by atoms with Gasteiger partial charge in [-0.05, 0) is 42.3 Å². The summed E-state index contributed by atoms with van der Waals surface area (Å²) in [5.74, 6) is -0.0619. The smallest absolute Gasteiger partial charge is 0.308 e. The molecule has 1 aliphatic heterocycles. The summed E-state index contributed by atoms with van der Waals surface area (Å²) in [6, 6.07) is 8.46. The van der Waals surface area contributed by atoms with E-state index in [0.29, 0.717) is 6.54 Å². The molecule has 1 aliphatic rings. The highest BCUT2D eigenvalue weighted by Gasteiger charge is 2.26. The number of hydrogen-bond acceptors (Lipinski definition) is 3. The molecule has 4 nitrogen and oxygen atoms in total. The van der Waals surface area contributed by atoms with E-state index >= 15 is 0 Å². The molecule has 0 aliphatic carbocycles. The maximum atomic E-state index is 11.2. The number of nitrogens with zero attached hydrogens (tertiary/aromatic N) is 2. The largest absolute Gasteiger partial charge is 0.481 e. The van der Waals surface area contributed by atoms with E-state index in [1.165, 1.54) is 5.56 Å². The summed E-state index contributed by atoms with van der Waals surface area (Å²) in [6.45, 7) is 3.57. The second-order valence-electron chi connectivity index (χ2n) is 5.67. The van der Waals surface area contributed by atoms with Crippen molar-refractivity contribution < 1.29 is 9.90 Å². The highest BCUT2D eigenvalue weighted by molar-refractivity contribution is 5.92. The molecule has 1 fully saturated rings. The third-order valence-corrected chi connectivity index (χ3v) is 4.29. The molecule has 110 valence electrons. The topological polar surface area (TPSA) is 53.4 Å². The Bertz CT molecular complexity index is 669. The standard InChI is InChI=1S/C17H20N2O2/c1-2-12-5-6-13-7-8-18-16(15(13)10-12)19-9-3-4-14(11-19)17(20)21/h5-8,10,14H,2-4,9,11H2,1H3,(H,20,21). The van der Waals surface area contributed by atoms with Crippen LogP contribution in [0.4, 0.5) is 5.82 Å². The van der Waals surface area contributed by atoms with Gasteiger partial charge in [0.15, 0.2) is 0 Å². The molecule has 0 radical (unpaired) electrons.